The van der Waals surface area contributed by atoms with Crippen molar-refractivity contribution in [3.63, 3.8) is 0 Å². The van der Waals surface area contributed by atoms with E-state index in [2.05, 4.69) is 36.6 Å². The Morgan fingerprint density at radius 3 is 2.84 bits per heavy atom. The predicted molar refractivity (Wildman–Crippen MR) is 125 cm³/mol. The lowest BCUT2D eigenvalue weighted by Crippen LogP contribution is -2.36. The number of carbonyl (C=O) groups excluding carboxylic acids is 1. The van der Waals surface area contributed by atoms with Crippen LogP contribution in [0, 0.1) is 5.92 Å². The highest BCUT2D eigenvalue weighted by Crippen LogP contribution is 2.28. The highest BCUT2D eigenvalue weighted by molar-refractivity contribution is 7.16. The Kier molecular flexibility index (Phi) is 5.91. The van der Waals surface area contributed by atoms with Gasteiger partial charge >= 0.3 is 0 Å². The second kappa shape index (κ2) is 9.13. The summed E-state index contributed by atoms with van der Waals surface area (Å²) in [5.41, 5.74) is 5.94. The Morgan fingerprint density at radius 2 is 2.00 bits per heavy atom. The normalized spacial score (nSPS) is 18.7. The van der Waals surface area contributed by atoms with Crippen molar-refractivity contribution in [3.05, 3.63) is 47.7 Å². The lowest BCUT2D eigenvalue weighted by molar-refractivity contribution is -0.120. The van der Waals surface area contributed by atoms with E-state index in [1.54, 1.807) is 36.8 Å². The van der Waals surface area contributed by atoms with Gasteiger partial charge < -0.3 is 15.4 Å². The summed E-state index contributed by atoms with van der Waals surface area (Å²) >= 11 is 1.55. The quantitative estimate of drug-likeness (QED) is 0.461. The largest absolute Gasteiger partial charge is 0.481 e. The van der Waals surface area contributed by atoms with Crippen molar-refractivity contribution in [2.45, 2.75) is 38.3 Å². The van der Waals surface area contributed by atoms with Crippen LogP contribution < -0.4 is 15.4 Å². The van der Waals surface area contributed by atoms with E-state index >= 15 is 0 Å². The summed E-state index contributed by atoms with van der Waals surface area (Å²) in [5.74, 6) is 0.533. The average molecular weight is 449 g/mol. The molecule has 0 unspecified atom stereocenters. The fraction of sp³-hybridized carbons (Fsp3) is 0.348. The Hall–Kier alpha value is -3.17. The van der Waals surface area contributed by atoms with Crippen LogP contribution in [-0.4, -0.2) is 39.0 Å². The third-order valence-electron chi connectivity index (χ3n) is 5.96. The van der Waals surface area contributed by atoms with Gasteiger partial charge in [-0.05, 0) is 49.4 Å². The predicted octanol–water partition coefficient (Wildman–Crippen LogP) is 3.93. The first kappa shape index (κ1) is 20.7. The molecule has 1 aliphatic rings. The molecule has 1 aliphatic carbocycles. The van der Waals surface area contributed by atoms with Gasteiger partial charge in [-0.3, -0.25) is 9.78 Å². The number of amides is 1. The fourth-order valence-electron chi connectivity index (χ4n) is 4.17. The number of fused-ring (bicyclic) bond motifs is 2. The first-order chi connectivity index (χ1) is 15.7. The molecule has 0 aromatic carbocycles. The number of thiazole rings is 1. The molecule has 32 heavy (non-hydrogen) atoms. The van der Waals surface area contributed by atoms with Crippen molar-refractivity contribution in [2.24, 2.45) is 5.92 Å². The summed E-state index contributed by atoms with van der Waals surface area (Å²) in [6.07, 6.45) is 7.24. The minimum absolute atomic E-state index is 0.00473. The SMILES string of the molecule is COc1ccc2nccc(NC(=O)C3CCC(NCc4cnc5scnc5c4)CC3)c2n1. The zero-order valence-electron chi connectivity index (χ0n) is 17.7. The monoisotopic (exact) mass is 448 g/mol. The number of hydrogen-bond acceptors (Lipinski definition) is 8. The van der Waals surface area contributed by atoms with Gasteiger partial charge in [0.25, 0.3) is 0 Å². The smallest absolute Gasteiger partial charge is 0.227 e. The maximum absolute atomic E-state index is 12.9. The molecule has 0 bridgehead atoms. The van der Waals surface area contributed by atoms with Gasteiger partial charge in [0.05, 0.1) is 23.8 Å². The number of nitrogens with zero attached hydrogens (tertiary/aromatic N) is 4. The van der Waals surface area contributed by atoms with E-state index in [0.29, 0.717) is 23.1 Å². The van der Waals surface area contributed by atoms with E-state index in [-0.39, 0.29) is 11.8 Å². The molecule has 0 atom stereocenters. The molecule has 5 rings (SSSR count). The summed E-state index contributed by atoms with van der Waals surface area (Å²) < 4.78 is 5.22. The van der Waals surface area contributed by atoms with Gasteiger partial charge in [0.1, 0.15) is 15.9 Å². The maximum Gasteiger partial charge on any atom is 0.227 e. The Balaban J connectivity index is 1.16. The van der Waals surface area contributed by atoms with Crippen molar-refractivity contribution >= 4 is 44.3 Å². The van der Waals surface area contributed by atoms with Crippen LogP contribution >= 0.6 is 11.3 Å². The van der Waals surface area contributed by atoms with Crippen LogP contribution in [0.25, 0.3) is 21.4 Å². The lowest BCUT2D eigenvalue weighted by Gasteiger charge is -2.28. The number of methoxy groups -OCH3 is 1. The molecule has 0 aliphatic heterocycles. The molecule has 2 N–H and O–H groups in total. The Labute approximate surface area is 189 Å². The van der Waals surface area contributed by atoms with Gasteiger partial charge in [-0.2, -0.15) is 0 Å². The molecule has 4 aromatic rings. The summed E-state index contributed by atoms with van der Waals surface area (Å²) in [6.45, 7) is 0.762. The molecule has 1 saturated carbocycles. The summed E-state index contributed by atoms with van der Waals surface area (Å²) in [4.78, 5) is 31.5. The molecule has 164 valence electrons. The van der Waals surface area contributed by atoms with E-state index in [9.17, 15) is 4.79 Å². The van der Waals surface area contributed by atoms with E-state index < -0.39 is 0 Å². The molecule has 4 heterocycles. The maximum atomic E-state index is 12.9. The van der Waals surface area contributed by atoms with Gasteiger partial charge in [-0.15, -0.1) is 11.3 Å². The molecule has 1 fully saturated rings. The average Bonchev–Trinajstić information content (AvgIpc) is 3.31. The zero-order valence-corrected chi connectivity index (χ0v) is 18.6. The van der Waals surface area contributed by atoms with Crippen LogP contribution in [0.2, 0.25) is 0 Å². The van der Waals surface area contributed by atoms with Crippen molar-refractivity contribution in [1.29, 1.82) is 0 Å². The first-order valence-corrected chi connectivity index (χ1v) is 11.6. The number of hydrogen-bond donors (Lipinski definition) is 2. The second-order valence-corrected chi connectivity index (χ2v) is 8.85. The van der Waals surface area contributed by atoms with E-state index in [4.69, 9.17) is 4.74 Å². The summed E-state index contributed by atoms with van der Waals surface area (Å²) in [7, 11) is 1.57. The van der Waals surface area contributed by atoms with Crippen LogP contribution in [0.4, 0.5) is 5.69 Å². The number of rotatable bonds is 6. The van der Waals surface area contributed by atoms with Gasteiger partial charge in [-0.1, -0.05) is 0 Å². The fourth-order valence-corrected chi connectivity index (χ4v) is 4.79. The lowest BCUT2D eigenvalue weighted by atomic mass is 9.85. The number of anilines is 1. The number of pyridine rings is 3. The number of nitrogens with one attached hydrogen (secondary N) is 2. The Bertz CT molecular complexity index is 1250. The molecule has 1 amide bonds. The number of carbonyl (C=O) groups is 1. The molecule has 0 radical (unpaired) electrons. The molecular formula is C23H24N6O2S. The molecule has 8 nitrogen and oxygen atoms in total. The molecule has 0 saturated heterocycles. The van der Waals surface area contributed by atoms with Crippen molar-refractivity contribution in [2.75, 3.05) is 12.4 Å². The third kappa shape index (κ3) is 4.39. The minimum Gasteiger partial charge on any atom is -0.481 e. The minimum atomic E-state index is -0.00473. The third-order valence-corrected chi connectivity index (χ3v) is 6.71. The van der Waals surface area contributed by atoms with E-state index in [1.165, 1.54) is 0 Å². The van der Waals surface area contributed by atoms with Gasteiger partial charge in [-0.25, -0.2) is 15.0 Å². The van der Waals surface area contributed by atoms with Crippen molar-refractivity contribution in [1.82, 2.24) is 25.3 Å². The topological polar surface area (TPSA) is 102 Å². The van der Waals surface area contributed by atoms with Crippen molar-refractivity contribution < 1.29 is 9.53 Å². The van der Waals surface area contributed by atoms with Crippen LogP contribution in [0.5, 0.6) is 5.88 Å². The van der Waals surface area contributed by atoms with Crippen LogP contribution in [0.3, 0.4) is 0 Å². The molecule has 9 heteroatoms. The van der Waals surface area contributed by atoms with Gasteiger partial charge in [0.2, 0.25) is 11.8 Å². The Morgan fingerprint density at radius 1 is 1.12 bits per heavy atom. The highest BCUT2D eigenvalue weighted by Gasteiger charge is 2.26. The van der Waals surface area contributed by atoms with Crippen LogP contribution in [-0.2, 0) is 11.3 Å². The number of aromatic nitrogens is 4. The molecule has 4 aromatic heterocycles. The highest BCUT2D eigenvalue weighted by atomic mass is 32.1. The van der Waals surface area contributed by atoms with E-state index in [0.717, 1.165) is 53.7 Å². The van der Waals surface area contributed by atoms with Crippen LogP contribution in [0.1, 0.15) is 31.2 Å². The van der Waals surface area contributed by atoms with E-state index in [1.807, 2.05) is 17.8 Å². The molecular weight excluding hydrogens is 424 g/mol. The summed E-state index contributed by atoms with van der Waals surface area (Å²) in [5, 5.41) is 6.67. The number of ether oxygens (including phenoxy) is 1. The zero-order chi connectivity index (χ0) is 21.9. The van der Waals surface area contributed by atoms with Crippen LogP contribution in [0.15, 0.2) is 42.2 Å². The second-order valence-electron chi connectivity index (χ2n) is 8.02. The van der Waals surface area contributed by atoms with Gasteiger partial charge in [0, 0.05) is 37.0 Å². The van der Waals surface area contributed by atoms with Crippen molar-refractivity contribution in [3.8, 4) is 5.88 Å². The summed E-state index contributed by atoms with van der Waals surface area (Å²) in [6, 6.07) is 7.88. The standard InChI is InChI=1S/C23H24N6O2S/c1-31-20-7-6-17-21(29-20)18(8-9-24-17)28-22(30)15-2-4-16(5-3-15)25-11-14-10-19-23(26-12-14)32-13-27-19/h6-10,12-13,15-16,25H,2-5,11H2,1H3,(H,24,28,30). The van der Waals surface area contributed by atoms with Gasteiger partial charge in [0.15, 0.2) is 0 Å². The first-order valence-electron chi connectivity index (χ1n) is 10.7. The molecule has 0 spiro atoms.